The highest BCUT2D eigenvalue weighted by Gasteiger charge is 2.20. The third kappa shape index (κ3) is 2.67. The number of carbonyl (C=O) groups excluding carboxylic acids is 1. The van der Waals surface area contributed by atoms with Crippen molar-refractivity contribution in [3.05, 3.63) is 53.3 Å². The maximum Gasteiger partial charge on any atom is 0.259 e. The number of benzene rings is 2. The number of para-hydroxylation sites is 1. The van der Waals surface area contributed by atoms with Gasteiger partial charge in [0.1, 0.15) is 19.0 Å². The van der Waals surface area contributed by atoms with Crippen molar-refractivity contribution >= 4 is 11.6 Å². The number of amides is 1. The van der Waals surface area contributed by atoms with E-state index >= 15 is 0 Å². The van der Waals surface area contributed by atoms with Crippen molar-refractivity contribution in [2.75, 3.05) is 18.5 Å². The van der Waals surface area contributed by atoms with E-state index < -0.39 is 5.82 Å². The van der Waals surface area contributed by atoms with Gasteiger partial charge in [-0.3, -0.25) is 4.79 Å². The van der Waals surface area contributed by atoms with Crippen molar-refractivity contribution in [2.24, 2.45) is 0 Å². The molecule has 1 heterocycles. The molecule has 5 heteroatoms. The van der Waals surface area contributed by atoms with E-state index in [4.69, 9.17) is 9.47 Å². The van der Waals surface area contributed by atoms with E-state index in [0.29, 0.717) is 36.0 Å². The highest BCUT2D eigenvalue weighted by atomic mass is 19.1. The molecule has 0 aromatic heterocycles. The number of aryl methyl sites for hydroxylation is 1. The van der Waals surface area contributed by atoms with E-state index in [1.54, 1.807) is 31.2 Å². The summed E-state index contributed by atoms with van der Waals surface area (Å²) in [7, 11) is 0. The molecule has 0 spiro atoms. The molecule has 0 atom stereocenters. The minimum absolute atomic E-state index is 0.356. The fraction of sp³-hybridized carbons (Fsp3) is 0.188. The monoisotopic (exact) mass is 287 g/mol. The highest BCUT2D eigenvalue weighted by Crippen LogP contribution is 2.34. The predicted octanol–water partition coefficient (Wildman–Crippen LogP) is 3.16. The molecule has 2 aromatic rings. The summed E-state index contributed by atoms with van der Waals surface area (Å²) < 4.78 is 24.2. The first-order chi connectivity index (χ1) is 10.1. The van der Waals surface area contributed by atoms with Gasteiger partial charge in [-0.1, -0.05) is 12.1 Å². The van der Waals surface area contributed by atoms with Gasteiger partial charge in [0.05, 0.1) is 5.56 Å². The standard InChI is InChI=1S/C16H14FNO3/c1-10-5-6-11(17)9-13(10)18-16(19)12-3-2-4-14-15(12)21-8-7-20-14/h2-6,9H,7-8H2,1H3,(H,18,19). The lowest BCUT2D eigenvalue weighted by molar-refractivity contribution is 0.101. The normalized spacial score (nSPS) is 12.9. The van der Waals surface area contributed by atoms with E-state index in [0.717, 1.165) is 5.56 Å². The van der Waals surface area contributed by atoms with Gasteiger partial charge in [-0.2, -0.15) is 0 Å². The minimum Gasteiger partial charge on any atom is -0.486 e. The van der Waals surface area contributed by atoms with E-state index in [9.17, 15) is 9.18 Å². The summed E-state index contributed by atoms with van der Waals surface area (Å²) in [4.78, 5) is 12.4. The smallest absolute Gasteiger partial charge is 0.259 e. The Bertz CT molecular complexity index is 700. The molecule has 0 radical (unpaired) electrons. The Morgan fingerprint density at radius 2 is 2.00 bits per heavy atom. The third-order valence-corrected chi connectivity index (χ3v) is 3.26. The Hall–Kier alpha value is -2.56. The lowest BCUT2D eigenvalue weighted by Crippen LogP contribution is -2.20. The van der Waals surface area contributed by atoms with Gasteiger partial charge in [0.2, 0.25) is 0 Å². The van der Waals surface area contributed by atoms with Gasteiger partial charge in [-0.05, 0) is 36.8 Å². The molecule has 0 saturated heterocycles. The second kappa shape index (κ2) is 5.44. The fourth-order valence-electron chi connectivity index (χ4n) is 2.17. The summed E-state index contributed by atoms with van der Waals surface area (Å²) in [6, 6.07) is 9.38. The van der Waals surface area contributed by atoms with Crippen molar-refractivity contribution in [2.45, 2.75) is 6.92 Å². The lowest BCUT2D eigenvalue weighted by Gasteiger charge is -2.20. The molecule has 2 aromatic carbocycles. The quantitative estimate of drug-likeness (QED) is 0.923. The van der Waals surface area contributed by atoms with E-state index in [1.807, 2.05) is 0 Å². The van der Waals surface area contributed by atoms with Crippen molar-refractivity contribution in [3.63, 3.8) is 0 Å². The summed E-state index contributed by atoms with van der Waals surface area (Å²) in [6.45, 7) is 2.66. The van der Waals surface area contributed by atoms with E-state index in [2.05, 4.69) is 5.32 Å². The lowest BCUT2D eigenvalue weighted by atomic mass is 10.1. The molecular formula is C16H14FNO3. The number of carbonyl (C=O) groups is 1. The molecule has 4 nitrogen and oxygen atoms in total. The molecular weight excluding hydrogens is 273 g/mol. The second-order valence-corrected chi connectivity index (χ2v) is 4.74. The number of halogens is 1. The summed E-state index contributed by atoms with van der Waals surface area (Å²) >= 11 is 0. The first-order valence-electron chi connectivity index (χ1n) is 6.61. The van der Waals surface area contributed by atoms with Crippen LogP contribution in [-0.2, 0) is 0 Å². The first-order valence-corrected chi connectivity index (χ1v) is 6.61. The topological polar surface area (TPSA) is 47.6 Å². The largest absolute Gasteiger partial charge is 0.486 e. The van der Waals surface area contributed by atoms with Gasteiger partial charge >= 0.3 is 0 Å². The zero-order chi connectivity index (χ0) is 14.8. The van der Waals surface area contributed by atoms with Crippen molar-refractivity contribution in [3.8, 4) is 11.5 Å². The van der Waals surface area contributed by atoms with Crippen LogP contribution < -0.4 is 14.8 Å². The predicted molar refractivity (Wildman–Crippen MR) is 76.5 cm³/mol. The van der Waals surface area contributed by atoms with E-state index in [1.165, 1.54) is 12.1 Å². The number of fused-ring (bicyclic) bond motifs is 1. The van der Waals surface area contributed by atoms with Crippen molar-refractivity contribution in [1.82, 2.24) is 0 Å². The van der Waals surface area contributed by atoms with Crippen LogP contribution in [0.25, 0.3) is 0 Å². The third-order valence-electron chi connectivity index (χ3n) is 3.26. The number of hydrogen-bond donors (Lipinski definition) is 1. The maximum absolute atomic E-state index is 13.3. The van der Waals surface area contributed by atoms with Gasteiger partial charge < -0.3 is 14.8 Å². The molecule has 0 fully saturated rings. The highest BCUT2D eigenvalue weighted by molar-refractivity contribution is 6.07. The molecule has 0 bridgehead atoms. The van der Waals surface area contributed by atoms with Crippen LogP contribution in [0.4, 0.5) is 10.1 Å². The second-order valence-electron chi connectivity index (χ2n) is 4.74. The minimum atomic E-state index is -0.398. The Balaban J connectivity index is 1.91. The van der Waals surface area contributed by atoms with Crippen LogP contribution in [0.15, 0.2) is 36.4 Å². The average Bonchev–Trinajstić information content (AvgIpc) is 2.50. The van der Waals surface area contributed by atoms with Gasteiger partial charge in [-0.25, -0.2) is 4.39 Å². The molecule has 0 saturated carbocycles. The number of anilines is 1. The van der Waals surface area contributed by atoms with Crippen molar-refractivity contribution in [1.29, 1.82) is 0 Å². The molecule has 1 aliphatic heterocycles. The molecule has 108 valence electrons. The molecule has 3 rings (SSSR count). The van der Waals surface area contributed by atoms with Crippen LogP contribution in [0.2, 0.25) is 0 Å². The Kier molecular flexibility index (Phi) is 3.48. The molecule has 1 N–H and O–H groups in total. The van der Waals surface area contributed by atoms with Crippen LogP contribution in [0.1, 0.15) is 15.9 Å². The summed E-state index contributed by atoms with van der Waals surface area (Å²) in [5.41, 5.74) is 1.59. The number of rotatable bonds is 2. The molecule has 0 aliphatic carbocycles. The first kappa shape index (κ1) is 13.4. The van der Waals surface area contributed by atoms with Gasteiger partial charge in [0.25, 0.3) is 5.91 Å². The summed E-state index contributed by atoms with van der Waals surface area (Å²) in [5, 5.41) is 2.70. The van der Waals surface area contributed by atoms with Gasteiger partial charge in [0, 0.05) is 5.69 Å². The van der Waals surface area contributed by atoms with Gasteiger partial charge in [0.15, 0.2) is 11.5 Å². The summed E-state index contributed by atoms with van der Waals surface area (Å²) in [6.07, 6.45) is 0. The summed E-state index contributed by atoms with van der Waals surface area (Å²) in [5.74, 6) is 0.219. The average molecular weight is 287 g/mol. The Labute approximate surface area is 121 Å². The Morgan fingerprint density at radius 3 is 2.86 bits per heavy atom. The van der Waals surface area contributed by atoms with Crippen molar-refractivity contribution < 1.29 is 18.7 Å². The SMILES string of the molecule is Cc1ccc(F)cc1NC(=O)c1cccc2c1OCCO2. The molecule has 0 unspecified atom stereocenters. The van der Waals surface area contributed by atoms with Crippen LogP contribution in [0.5, 0.6) is 11.5 Å². The molecule has 21 heavy (non-hydrogen) atoms. The van der Waals surface area contributed by atoms with Crippen LogP contribution in [0.3, 0.4) is 0 Å². The number of nitrogens with one attached hydrogen (secondary N) is 1. The zero-order valence-electron chi connectivity index (χ0n) is 11.5. The Morgan fingerprint density at radius 1 is 1.19 bits per heavy atom. The van der Waals surface area contributed by atoms with Crippen LogP contribution in [0, 0.1) is 12.7 Å². The fourth-order valence-corrected chi connectivity index (χ4v) is 2.17. The van der Waals surface area contributed by atoms with E-state index in [-0.39, 0.29) is 5.91 Å². The molecule has 1 amide bonds. The zero-order valence-corrected chi connectivity index (χ0v) is 11.5. The maximum atomic E-state index is 13.3. The number of hydrogen-bond acceptors (Lipinski definition) is 3. The molecule has 1 aliphatic rings. The van der Waals surface area contributed by atoms with Crippen LogP contribution >= 0.6 is 0 Å². The van der Waals surface area contributed by atoms with Crippen LogP contribution in [-0.4, -0.2) is 19.1 Å². The van der Waals surface area contributed by atoms with Gasteiger partial charge in [-0.15, -0.1) is 0 Å². The number of ether oxygens (including phenoxy) is 2.